The van der Waals surface area contributed by atoms with Gasteiger partial charge in [0.2, 0.25) is 5.91 Å². The Hall–Kier alpha value is -1.51. The van der Waals surface area contributed by atoms with Crippen LogP contribution in [0.1, 0.15) is 53.5 Å². The van der Waals surface area contributed by atoms with Gasteiger partial charge in [0.15, 0.2) is 0 Å². The molecule has 0 spiro atoms. The van der Waals surface area contributed by atoms with E-state index in [2.05, 4.69) is 41.5 Å². The van der Waals surface area contributed by atoms with E-state index < -0.39 is 0 Å². The van der Waals surface area contributed by atoms with Crippen LogP contribution in [0.15, 0.2) is 24.3 Å². The zero-order chi connectivity index (χ0) is 15.6. The molecule has 0 aliphatic heterocycles. The van der Waals surface area contributed by atoms with E-state index >= 15 is 0 Å². The number of phenolic OH excluding ortho intramolecular Hbond substituents is 1. The number of carbonyl (C=O) groups is 1. The number of phenols is 1. The van der Waals surface area contributed by atoms with Crippen LogP contribution in [0.3, 0.4) is 0 Å². The highest BCUT2D eigenvalue weighted by atomic mass is 16.3. The van der Waals surface area contributed by atoms with E-state index in [1.54, 1.807) is 12.1 Å². The molecule has 0 atom stereocenters. The lowest BCUT2D eigenvalue weighted by molar-refractivity contribution is -0.142. The number of nitrogens with zero attached hydrogens (tertiary/aromatic N) is 1. The quantitative estimate of drug-likeness (QED) is 0.914. The Morgan fingerprint density at radius 3 is 1.85 bits per heavy atom. The van der Waals surface area contributed by atoms with E-state index in [0.717, 1.165) is 5.56 Å². The van der Waals surface area contributed by atoms with Crippen LogP contribution < -0.4 is 0 Å². The summed E-state index contributed by atoms with van der Waals surface area (Å²) in [4.78, 5) is 14.5. The van der Waals surface area contributed by atoms with Gasteiger partial charge in [-0.1, -0.05) is 12.1 Å². The van der Waals surface area contributed by atoms with Crippen LogP contribution in [0.4, 0.5) is 0 Å². The first kappa shape index (κ1) is 16.5. The maximum Gasteiger partial charge on any atom is 0.223 e. The van der Waals surface area contributed by atoms with Crippen LogP contribution in [0.25, 0.3) is 0 Å². The molecule has 3 heteroatoms. The molecule has 3 nitrogen and oxygen atoms in total. The van der Waals surface area contributed by atoms with Crippen molar-refractivity contribution in [2.75, 3.05) is 0 Å². The third-order valence-corrected chi connectivity index (χ3v) is 3.15. The van der Waals surface area contributed by atoms with Crippen LogP contribution in [0, 0.1) is 0 Å². The van der Waals surface area contributed by atoms with Crippen LogP contribution in [0.5, 0.6) is 5.75 Å². The minimum absolute atomic E-state index is 0.165. The molecular formula is C17H27NO2. The van der Waals surface area contributed by atoms with Gasteiger partial charge >= 0.3 is 0 Å². The van der Waals surface area contributed by atoms with Crippen LogP contribution in [0.2, 0.25) is 0 Å². The summed E-state index contributed by atoms with van der Waals surface area (Å²) in [5.41, 5.74) is 0.688. The minimum atomic E-state index is -0.190. The highest BCUT2D eigenvalue weighted by molar-refractivity contribution is 5.78. The van der Waals surface area contributed by atoms with Crippen molar-refractivity contribution in [2.45, 2.75) is 65.5 Å². The van der Waals surface area contributed by atoms with Gasteiger partial charge in [0.25, 0.3) is 0 Å². The summed E-state index contributed by atoms with van der Waals surface area (Å²) in [7, 11) is 0. The number of hydrogen-bond donors (Lipinski definition) is 1. The number of hydrogen-bond acceptors (Lipinski definition) is 2. The van der Waals surface area contributed by atoms with Gasteiger partial charge in [0.1, 0.15) is 5.75 Å². The van der Waals surface area contributed by atoms with Gasteiger partial charge in [-0.15, -0.1) is 0 Å². The van der Waals surface area contributed by atoms with E-state index in [0.29, 0.717) is 12.8 Å². The standard InChI is InChI=1S/C17H27NO2/c1-16(2,3)18(17(4,5)6)15(20)12-9-13-7-10-14(19)11-8-13/h7-8,10-11,19H,9,12H2,1-6H3. The summed E-state index contributed by atoms with van der Waals surface area (Å²) >= 11 is 0. The first-order valence-corrected chi connectivity index (χ1v) is 7.13. The second kappa shape index (κ2) is 5.86. The van der Waals surface area contributed by atoms with Crippen molar-refractivity contribution >= 4 is 5.91 Å². The smallest absolute Gasteiger partial charge is 0.223 e. The summed E-state index contributed by atoms with van der Waals surface area (Å²) in [5.74, 6) is 0.421. The Labute approximate surface area is 122 Å². The molecule has 112 valence electrons. The van der Waals surface area contributed by atoms with Crippen molar-refractivity contribution in [1.82, 2.24) is 4.90 Å². The average Bonchev–Trinajstić information content (AvgIpc) is 2.24. The first-order chi connectivity index (χ1) is 9.01. The predicted octanol–water partition coefficient (Wildman–Crippen LogP) is 3.75. The van der Waals surface area contributed by atoms with Crippen molar-refractivity contribution in [3.8, 4) is 5.75 Å². The van der Waals surface area contributed by atoms with Crippen molar-refractivity contribution < 1.29 is 9.90 Å². The maximum absolute atomic E-state index is 12.6. The lowest BCUT2D eigenvalue weighted by atomic mass is 9.94. The van der Waals surface area contributed by atoms with E-state index in [1.165, 1.54) is 0 Å². The predicted molar refractivity (Wildman–Crippen MR) is 82.8 cm³/mol. The monoisotopic (exact) mass is 277 g/mol. The highest BCUT2D eigenvalue weighted by Gasteiger charge is 2.34. The Morgan fingerprint density at radius 1 is 1.00 bits per heavy atom. The molecule has 0 unspecified atom stereocenters. The van der Waals surface area contributed by atoms with Gasteiger partial charge < -0.3 is 10.0 Å². The molecule has 1 N–H and O–H groups in total. The molecule has 1 aromatic rings. The largest absolute Gasteiger partial charge is 0.508 e. The Bertz CT molecular complexity index is 435. The fourth-order valence-corrected chi connectivity index (χ4v) is 2.78. The van der Waals surface area contributed by atoms with Crippen molar-refractivity contribution in [1.29, 1.82) is 0 Å². The topological polar surface area (TPSA) is 40.5 Å². The molecule has 0 aliphatic rings. The van der Waals surface area contributed by atoms with Crippen LogP contribution in [-0.4, -0.2) is 27.0 Å². The molecule has 1 aromatic carbocycles. The number of benzene rings is 1. The molecule has 1 rings (SSSR count). The van der Waals surface area contributed by atoms with Gasteiger partial charge in [-0.05, 0) is 65.7 Å². The lowest BCUT2D eigenvalue weighted by Gasteiger charge is -2.45. The molecule has 0 aromatic heterocycles. The third-order valence-electron chi connectivity index (χ3n) is 3.15. The van der Waals surface area contributed by atoms with E-state index in [9.17, 15) is 9.90 Å². The molecule has 0 heterocycles. The number of aryl methyl sites for hydroxylation is 1. The SMILES string of the molecule is CC(C)(C)N(C(=O)CCc1ccc(O)cc1)C(C)(C)C. The van der Waals surface area contributed by atoms with E-state index in [1.807, 2.05) is 17.0 Å². The van der Waals surface area contributed by atoms with Gasteiger partial charge in [0.05, 0.1) is 0 Å². The lowest BCUT2D eigenvalue weighted by Crippen LogP contribution is -2.55. The maximum atomic E-state index is 12.6. The second-order valence-electron chi connectivity index (χ2n) is 7.24. The fourth-order valence-electron chi connectivity index (χ4n) is 2.78. The zero-order valence-electron chi connectivity index (χ0n) is 13.5. The third kappa shape index (κ3) is 4.55. The van der Waals surface area contributed by atoms with Gasteiger partial charge in [-0.2, -0.15) is 0 Å². The summed E-state index contributed by atoms with van der Waals surface area (Å²) < 4.78 is 0. The van der Waals surface area contributed by atoms with Crippen molar-refractivity contribution in [3.63, 3.8) is 0 Å². The summed E-state index contributed by atoms with van der Waals surface area (Å²) in [5, 5.41) is 9.26. The number of amides is 1. The number of rotatable bonds is 3. The molecule has 0 bridgehead atoms. The molecule has 0 saturated heterocycles. The number of carbonyl (C=O) groups excluding carboxylic acids is 1. The Balaban J connectivity index is 2.75. The summed E-state index contributed by atoms with van der Waals surface area (Å²) in [6, 6.07) is 7.04. The first-order valence-electron chi connectivity index (χ1n) is 7.13. The normalized spacial score (nSPS) is 12.3. The second-order valence-corrected chi connectivity index (χ2v) is 7.24. The van der Waals surface area contributed by atoms with Gasteiger partial charge in [-0.3, -0.25) is 4.79 Å². The summed E-state index contributed by atoms with van der Waals surface area (Å²) in [6.45, 7) is 12.4. The Morgan fingerprint density at radius 2 is 1.45 bits per heavy atom. The van der Waals surface area contributed by atoms with E-state index in [-0.39, 0.29) is 22.7 Å². The fraction of sp³-hybridized carbons (Fsp3) is 0.588. The van der Waals surface area contributed by atoms with Crippen LogP contribution >= 0.6 is 0 Å². The Kier molecular flexibility index (Phi) is 4.85. The van der Waals surface area contributed by atoms with Crippen molar-refractivity contribution in [2.24, 2.45) is 0 Å². The van der Waals surface area contributed by atoms with Gasteiger partial charge in [0, 0.05) is 17.5 Å². The molecule has 20 heavy (non-hydrogen) atoms. The molecule has 1 amide bonds. The van der Waals surface area contributed by atoms with Crippen LogP contribution in [-0.2, 0) is 11.2 Å². The molecule has 0 aliphatic carbocycles. The molecule has 0 fully saturated rings. The minimum Gasteiger partial charge on any atom is -0.508 e. The van der Waals surface area contributed by atoms with Gasteiger partial charge in [-0.25, -0.2) is 0 Å². The number of aromatic hydroxyl groups is 1. The molecule has 0 radical (unpaired) electrons. The van der Waals surface area contributed by atoms with Crippen molar-refractivity contribution in [3.05, 3.63) is 29.8 Å². The zero-order valence-corrected chi connectivity index (χ0v) is 13.5. The highest BCUT2D eigenvalue weighted by Crippen LogP contribution is 2.26. The summed E-state index contributed by atoms with van der Waals surface area (Å²) in [6.07, 6.45) is 1.18. The molecule has 0 saturated carbocycles. The average molecular weight is 277 g/mol. The van der Waals surface area contributed by atoms with E-state index in [4.69, 9.17) is 0 Å². The molecular weight excluding hydrogens is 250 g/mol.